The average Bonchev–Trinajstić information content (AvgIpc) is 2.14. The van der Waals surface area contributed by atoms with Crippen LogP contribution in [-0.2, 0) is 12.6 Å². The van der Waals surface area contributed by atoms with Crippen LogP contribution in [-0.4, -0.2) is 5.38 Å². The SMILES string of the molecule is CC(Cl)CCc1ccc(C(F)(F)F)cc1. The summed E-state index contributed by atoms with van der Waals surface area (Å²) < 4.78 is 36.6. The van der Waals surface area contributed by atoms with Crippen molar-refractivity contribution in [2.75, 3.05) is 0 Å². The Labute approximate surface area is 92.1 Å². The maximum Gasteiger partial charge on any atom is 0.416 e. The average molecular weight is 237 g/mol. The highest BCUT2D eigenvalue weighted by atomic mass is 35.5. The number of hydrogen-bond acceptors (Lipinski definition) is 0. The maximum atomic E-state index is 12.2. The van der Waals surface area contributed by atoms with Gasteiger partial charge in [-0.3, -0.25) is 0 Å². The quantitative estimate of drug-likeness (QED) is 0.688. The van der Waals surface area contributed by atoms with E-state index in [-0.39, 0.29) is 5.38 Å². The Morgan fingerprint density at radius 3 is 2.13 bits per heavy atom. The molecule has 0 aromatic heterocycles. The molecule has 0 heterocycles. The molecular weight excluding hydrogens is 225 g/mol. The van der Waals surface area contributed by atoms with Gasteiger partial charge in [0.25, 0.3) is 0 Å². The molecule has 0 nitrogen and oxygen atoms in total. The van der Waals surface area contributed by atoms with Gasteiger partial charge in [-0.15, -0.1) is 11.6 Å². The van der Waals surface area contributed by atoms with E-state index in [0.29, 0.717) is 6.42 Å². The first kappa shape index (κ1) is 12.4. The molecule has 0 aliphatic rings. The Balaban J connectivity index is 2.65. The van der Waals surface area contributed by atoms with Gasteiger partial charge in [-0.1, -0.05) is 12.1 Å². The summed E-state index contributed by atoms with van der Waals surface area (Å²) in [7, 11) is 0. The van der Waals surface area contributed by atoms with Gasteiger partial charge in [0.1, 0.15) is 0 Å². The molecule has 15 heavy (non-hydrogen) atoms. The van der Waals surface area contributed by atoms with Crippen LogP contribution in [0.4, 0.5) is 13.2 Å². The molecule has 0 bridgehead atoms. The Morgan fingerprint density at radius 1 is 1.20 bits per heavy atom. The molecule has 1 rings (SSSR count). The minimum absolute atomic E-state index is 0.0484. The molecule has 0 N–H and O–H groups in total. The van der Waals surface area contributed by atoms with Crippen LogP contribution in [0.3, 0.4) is 0 Å². The highest BCUT2D eigenvalue weighted by Crippen LogP contribution is 2.29. The number of hydrogen-bond donors (Lipinski definition) is 0. The van der Waals surface area contributed by atoms with E-state index in [1.54, 1.807) is 0 Å². The number of aryl methyl sites for hydroxylation is 1. The van der Waals surface area contributed by atoms with Crippen molar-refractivity contribution in [3.8, 4) is 0 Å². The van der Waals surface area contributed by atoms with Crippen LogP contribution in [0.15, 0.2) is 24.3 Å². The largest absolute Gasteiger partial charge is 0.416 e. The van der Waals surface area contributed by atoms with Crippen LogP contribution in [0, 0.1) is 0 Å². The highest BCUT2D eigenvalue weighted by Gasteiger charge is 2.29. The predicted octanol–water partition coefficient (Wildman–Crippen LogP) is 4.27. The fraction of sp³-hybridized carbons (Fsp3) is 0.455. The first-order valence-corrected chi connectivity index (χ1v) is 5.13. The van der Waals surface area contributed by atoms with Gasteiger partial charge in [-0.25, -0.2) is 0 Å². The van der Waals surface area contributed by atoms with Gasteiger partial charge in [-0.2, -0.15) is 13.2 Å². The molecule has 0 fully saturated rings. The van der Waals surface area contributed by atoms with Crippen molar-refractivity contribution >= 4 is 11.6 Å². The van der Waals surface area contributed by atoms with E-state index in [2.05, 4.69) is 0 Å². The van der Waals surface area contributed by atoms with E-state index >= 15 is 0 Å². The van der Waals surface area contributed by atoms with Gasteiger partial charge in [-0.05, 0) is 37.5 Å². The monoisotopic (exact) mass is 236 g/mol. The zero-order valence-corrected chi connectivity index (χ0v) is 9.07. The Morgan fingerprint density at radius 2 is 1.73 bits per heavy atom. The van der Waals surface area contributed by atoms with Crippen LogP contribution in [0.5, 0.6) is 0 Å². The van der Waals surface area contributed by atoms with E-state index in [4.69, 9.17) is 11.6 Å². The number of benzene rings is 1. The second-order valence-corrected chi connectivity index (χ2v) is 4.26. The van der Waals surface area contributed by atoms with Crippen LogP contribution in [0.2, 0.25) is 0 Å². The Bertz CT molecular complexity index is 301. The third-order valence-electron chi connectivity index (χ3n) is 2.11. The van der Waals surface area contributed by atoms with Crippen molar-refractivity contribution in [3.63, 3.8) is 0 Å². The summed E-state index contributed by atoms with van der Waals surface area (Å²) in [6, 6.07) is 5.21. The van der Waals surface area contributed by atoms with E-state index < -0.39 is 11.7 Å². The zero-order valence-electron chi connectivity index (χ0n) is 8.31. The lowest BCUT2D eigenvalue weighted by molar-refractivity contribution is -0.137. The standard InChI is InChI=1S/C11H12ClF3/c1-8(12)2-3-9-4-6-10(7-5-9)11(13,14)15/h4-8H,2-3H2,1H3. The smallest absolute Gasteiger partial charge is 0.166 e. The lowest BCUT2D eigenvalue weighted by Gasteiger charge is -2.08. The van der Waals surface area contributed by atoms with Gasteiger partial charge in [0.15, 0.2) is 0 Å². The van der Waals surface area contributed by atoms with Crippen LogP contribution >= 0.6 is 11.6 Å². The summed E-state index contributed by atoms with van der Waals surface area (Å²) in [6.45, 7) is 1.87. The van der Waals surface area contributed by atoms with E-state index in [1.807, 2.05) is 6.92 Å². The van der Waals surface area contributed by atoms with Crippen molar-refractivity contribution in [2.24, 2.45) is 0 Å². The molecule has 0 aliphatic heterocycles. The topological polar surface area (TPSA) is 0 Å². The molecule has 1 aromatic carbocycles. The van der Waals surface area contributed by atoms with Crippen LogP contribution in [0.25, 0.3) is 0 Å². The summed E-state index contributed by atoms with van der Waals surface area (Å²) in [5, 5.41) is 0.0484. The minimum atomic E-state index is -4.25. The lowest BCUT2D eigenvalue weighted by atomic mass is 10.1. The molecule has 4 heteroatoms. The Hall–Kier alpha value is -0.700. The molecule has 0 aliphatic carbocycles. The van der Waals surface area contributed by atoms with E-state index in [0.717, 1.165) is 24.1 Å². The van der Waals surface area contributed by atoms with Gasteiger partial charge in [0.2, 0.25) is 0 Å². The van der Waals surface area contributed by atoms with Crippen molar-refractivity contribution < 1.29 is 13.2 Å². The van der Waals surface area contributed by atoms with Gasteiger partial charge < -0.3 is 0 Å². The molecule has 1 unspecified atom stereocenters. The summed E-state index contributed by atoms with van der Waals surface area (Å²) in [6.07, 6.45) is -2.77. The van der Waals surface area contributed by atoms with Gasteiger partial charge in [0, 0.05) is 5.38 Å². The molecule has 0 amide bonds. The third kappa shape index (κ3) is 4.12. The fourth-order valence-electron chi connectivity index (χ4n) is 1.23. The fourth-order valence-corrected chi connectivity index (χ4v) is 1.34. The van der Waals surface area contributed by atoms with Crippen LogP contribution < -0.4 is 0 Å². The molecular formula is C11H12ClF3. The van der Waals surface area contributed by atoms with Crippen LogP contribution in [0.1, 0.15) is 24.5 Å². The van der Waals surface area contributed by atoms with Gasteiger partial charge >= 0.3 is 6.18 Å². The first-order chi connectivity index (χ1) is 6.89. The van der Waals surface area contributed by atoms with Gasteiger partial charge in [0.05, 0.1) is 5.56 Å². The normalized spacial score (nSPS) is 13.9. The third-order valence-corrected chi connectivity index (χ3v) is 2.33. The number of alkyl halides is 4. The summed E-state index contributed by atoms with van der Waals surface area (Å²) >= 11 is 5.75. The van der Waals surface area contributed by atoms with Crippen molar-refractivity contribution in [1.29, 1.82) is 0 Å². The van der Waals surface area contributed by atoms with E-state index in [1.165, 1.54) is 12.1 Å². The molecule has 1 atom stereocenters. The zero-order chi connectivity index (χ0) is 11.5. The second kappa shape index (κ2) is 4.88. The van der Waals surface area contributed by atoms with E-state index in [9.17, 15) is 13.2 Å². The summed E-state index contributed by atoms with van der Waals surface area (Å²) in [5.74, 6) is 0. The van der Waals surface area contributed by atoms with Crippen molar-refractivity contribution in [1.82, 2.24) is 0 Å². The molecule has 0 saturated carbocycles. The summed E-state index contributed by atoms with van der Waals surface area (Å²) in [5.41, 5.74) is 0.278. The molecule has 1 aromatic rings. The molecule has 0 spiro atoms. The summed E-state index contributed by atoms with van der Waals surface area (Å²) in [4.78, 5) is 0. The maximum absolute atomic E-state index is 12.2. The second-order valence-electron chi connectivity index (χ2n) is 3.51. The minimum Gasteiger partial charge on any atom is -0.166 e. The predicted molar refractivity (Wildman–Crippen MR) is 55.1 cm³/mol. The molecule has 84 valence electrons. The highest BCUT2D eigenvalue weighted by molar-refractivity contribution is 6.20. The Kier molecular flexibility index (Phi) is 4.03. The number of rotatable bonds is 3. The van der Waals surface area contributed by atoms with Crippen molar-refractivity contribution in [2.45, 2.75) is 31.3 Å². The van der Waals surface area contributed by atoms with Crippen molar-refractivity contribution in [3.05, 3.63) is 35.4 Å². The lowest BCUT2D eigenvalue weighted by Crippen LogP contribution is -2.04. The molecule has 0 saturated heterocycles. The number of halogens is 4. The molecule has 0 radical (unpaired) electrons. The first-order valence-electron chi connectivity index (χ1n) is 4.70.